The van der Waals surface area contributed by atoms with Crippen LogP contribution in [0.25, 0.3) is 22.2 Å². The fourth-order valence-electron chi connectivity index (χ4n) is 4.81. The molecule has 0 saturated carbocycles. The summed E-state index contributed by atoms with van der Waals surface area (Å²) in [6, 6.07) is 19.5. The van der Waals surface area contributed by atoms with Crippen molar-refractivity contribution in [1.29, 1.82) is 0 Å². The first-order valence-electron chi connectivity index (χ1n) is 11.1. The standard InChI is InChI=1S/C26H26N4O2/c1-3-29-22-13-8-7-12-21(22)28-24(29)23-14-9-15-30(23)26(32)20-16-19(17(2)27-25(20)31)18-10-5-4-6-11-18/h4-8,10-13,16,23H,3,9,14-15H2,1-2H3,(H,27,31)/t23-/m1/s1. The highest BCUT2D eigenvalue weighted by molar-refractivity contribution is 5.95. The number of nitrogens with zero attached hydrogens (tertiary/aromatic N) is 3. The number of aromatic nitrogens is 3. The van der Waals surface area contributed by atoms with Crippen LogP contribution < -0.4 is 5.56 Å². The lowest BCUT2D eigenvalue weighted by Crippen LogP contribution is -2.35. The van der Waals surface area contributed by atoms with E-state index < -0.39 is 0 Å². The highest BCUT2D eigenvalue weighted by Gasteiger charge is 2.35. The third-order valence-corrected chi connectivity index (χ3v) is 6.37. The highest BCUT2D eigenvalue weighted by Crippen LogP contribution is 2.34. The van der Waals surface area contributed by atoms with Crippen LogP contribution in [0, 0.1) is 6.92 Å². The fraction of sp³-hybridized carbons (Fsp3) is 0.269. The molecule has 0 unspecified atom stereocenters. The van der Waals surface area contributed by atoms with Crippen molar-refractivity contribution in [3.63, 3.8) is 0 Å². The van der Waals surface area contributed by atoms with Gasteiger partial charge in [0.15, 0.2) is 0 Å². The number of aryl methyl sites for hydroxylation is 2. The Bertz CT molecular complexity index is 1350. The molecule has 1 amide bonds. The highest BCUT2D eigenvalue weighted by atomic mass is 16.2. The molecule has 1 saturated heterocycles. The van der Waals surface area contributed by atoms with Gasteiger partial charge in [-0.05, 0) is 50.5 Å². The van der Waals surface area contributed by atoms with Crippen LogP contribution in [0.15, 0.2) is 65.5 Å². The average Bonchev–Trinajstić information content (AvgIpc) is 3.43. The van der Waals surface area contributed by atoms with E-state index in [4.69, 9.17) is 4.98 Å². The number of nitrogens with one attached hydrogen (secondary N) is 1. The molecule has 2 aromatic heterocycles. The summed E-state index contributed by atoms with van der Waals surface area (Å²) >= 11 is 0. The minimum atomic E-state index is -0.346. The van der Waals surface area contributed by atoms with Crippen LogP contribution in [0.2, 0.25) is 0 Å². The molecule has 162 valence electrons. The summed E-state index contributed by atoms with van der Waals surface area (Å²) in [7, 11) is 0. The van der Waals surface area contributed by atoms with Crippen molar-refractivity contribution >= 4 is 16.9 Å². The number of amides is 1. The maximum absolute atomic E-state index is 13.6. The van der Waals surface area contributed by atoms with Crippen LogP contribution in [-0.2, 0) is 6.54 Å². The molecule has 2 aromatic carbocycles. The van der Waals surface area contributed by atoms with Crippen LogP contribution in [0.4, 0.5) is 0 Å². The number of hydrogen-bond donors (Lipinski definition) is 1. The molecule has 6 nitrogen and oxygen atoms in total. The van der Waals surface area contributed by atoms with Gasteiger partial charge in [0.25, 0.3) is 11.5 Å². The minimum absolute atomic E-state index is 0.143. The van der Waals surface area contributed by atoms with E-state index >= 15 is 0 Å². The second-order valence-corrected chi connectivity index (χ2v) is 8.28. The monoisotopic (exact) mass is 426 g/mol. The predicted molar refractivity (Wildman–Crippen MR) is 126 cm³/mol. The van der Waals surface area contributed by atoms with Gasteiger partial charge in [0.05, 0.1) is 17.1 Å². The summed E-state index contributed by atoms with van der Waals surface area (Å²) in [5, 5.41) is 0. The van der Waals surface area contributed by atoms with Gasteiger partial charge < -0.3 is 14.5 Å². The molecular formula is C26H26N4O2. The van der Waals surface area contributed by atoms with Crippen LogP contribution in [-0.4, -0.2) is 31.9 Å². The Kier molecular flexibility index (Phi) is 5.13. The predicted octanol–water partition coefficient (Wildman–Crippen LogP) is 4.70. The normalized spacial score (nSPS) is 16.1. The van der Waals surface area contributed by atoms with Crippen molar-refractivity contribution in [2.75, 3.05) is 6.54 Å². The topological polar surface area (TPSA) is 71.0 Å². The molecule has 4 aromatic rings. The van der Waals surface area contributed by atoms with Crippen molar-refractivity contribution in [3.05, 3.63) is 88.1 Å². The summed E-state index contributed by atoms with van der Waals surface area (Å²) in [5.41, 5.74) is 4.43. The van der Waals surface area contributed by atoms with Crippen molar-refractivity contribution < 1.29 is 4.79 Å². The van der Waals surface area contributed by atoms with E-state index in [1.54, 1.807) is 6.07 Å². The van der Waals surface area contributed by atoms with Crippen LogP contribution >= 0.6 is 0 Å². The van der Waals surface area contributed by atoms with Gasteiger partial charge in [0.2, 0.25) is 0 Å². The van der Waals surface area contributed by atoms with Crippen LogP contribution in [0.1, 0.15) is 47.7 Å². The van der Waals surface area contributed by atoms with E-state index in [0.717, 1.165) is 53.1 Å². The maximum Gasteiger partial charge on any atom is 0.261 e. The molecule has 0 spiro atoms. The maximum atomic E-state index is 13.6. The molecule has 0 aliphatic carbocycles. The fourth-order valence-corrected chi connectivity index (χ4v) is 4.81. The average molecular weight is 427 g/mol. The number of aromatic amines is 1. The van der Waals surface area contributed by atoms with Crippen molar-refractivity contribution in [3.8, 4) is 11.1 Å². The SMILES string of the molecule is CCn1c([C@H]2CCCN2C(=O)c2cc(-c3ccccc3)c(C)[nH]c2=O)nc2ccccc21. The number of carbonyl (C=O) groups excluding carboxylic acids is 1. The van der Waals surface area contributed by atoms with Gasteiger partial charge in [-0.1, -0.05) is 42.5 Å². The molecule has 0 bridgehead atoms. The number of benzene rings is 2. The van der Waals surface area contributed by atoms with Gasteiger partial charge in [-0.3, -0.25) is 9.59 Å². The lowest BCUT2D eigenvalue weighted by Gasteiger charge is -2.25. The Hall–Kier alpha value is -3.67. The summed E-state index contributed by atoms with van der Waals surface area (Å²) < 4.78 is 2.18. The Morgan fingerprint density at radius 3 is 2.66 bits per heavy atom. The van der Waals surface area contributed by atoms with E-state index in [9.17, 15) is 9.59 Å². The van der Waals surface area contributed by atoms with Gasteiger partial charge in [-0.15, -0.1) is 0 Å². The summed E-state index contributed by atoms with van der Waals surface area (Å²) in [6.45, 7) is 5.35. The first-order chi connectivity index (χ1) is 15.6. The smallest absolute Gasteiger partial charge is 0.261 e. The van der Waals surface area contributed by atoms with Crippen LogP contribution in [0.5, 0.6) is 0 Å². The summed E-state index contributed by atoms with van der Waals surface area (Å²) in [4.78, 5) is 36.0. The minimum Gasteiger partial charge on any atom is -0.328 e. The number of pyridine rings is 1. The quantitative estimate of drug-likeness (QED) is 0.514. The lowest BCUT2D eigenvalue weighted by atomic mass is 10.0. The molecule has 5 rings (SSSR count). The Morgan fingerprint density at radius 2 is 1.88 bits per heavy atom. The Morgan fingerprint density at radius 1 is 1.12 bits per heavy atom. The number of rotatable bonds is 4. The Balaban J connectivity index is 1.56. The first kappa shape index (κ1) is 20.2. The number of likely N-dealkylation sites (tertiary alicyclic amines) is 1. The molecule has 6 heteroatoms. The van der Waals surface area contributed by atoms with Gasteiger partial charge >= 0.3 is 0 Å². The molecule has 1 atom stereocenters. The zero-order valence-electron chi connectivity index (χ0n) is 18.3. The number of fused-ring (bicyclic) bond motifs is 1. The van der Waals surface area contributed by atoms with E-state index in [2.05, 4.69) is 22.5 Å². The van der Waals surface area contributed by atoms with E-state index in [0.29, 0.717) is 6.54 Å². The van der Waals surface area contributed by atoms with E-state index in [-0.39, 0.29) is 23.1 Å². The number of imidazole rings is 1. The third kappa shape index (κ3) is 3.32. The molecule has 1 fully saturated rings. The largest absolute Gasteiger partial charge is 0.328 e. The van der Waals surface area contributed by atoms with Crippen molar-refractivity contribution in [2.45, 2.75) is 39.3 Å². The van der Waals surface area contributed by atoms with Crippen molar-refractivity contribution in [1.82, 2.24) is 19.4 Å². The van der Waals surface area contributed by atoms with Gasteiger partial charge in [-0.25, -0.2) is 4.98 Å². The van der Waals surface area contributed by atoms with E-state index in [1.165, 1.54) is 0 Å². The number of hydrogen-bond acceptors (Lipinski definition) is 3. The summed E-state index contributed by atoms with van der Waals surface area (Å²) in [5.74, 6) is 0.659. The lowest BCUT2D eigenvalue weighted by molar-refractivity contribution is 0.0726. The van der Waals surface area contributed by atoms with Crippen molar-refractivity contribution in [2.24, 2.45) is 0 Å². The zero-order chi connectivity index (χ0) is 22.2. The van der Waals surface area contributed by atoms with Gasteiger partial charge in [0, 0.05) is 24.3 Å². The second-order valence-electron chi connectivity index (χ2n) is 8.28. The molecule has 1 N–H and O–H groups in total. The number of para-hydroxylation sites is 2. The third-order valence-electron chi connectivity index (χ3n) is 6.37. The number of carbonyl (C=O) groups is 1. The molecule has 1 aliphatic rings. The molecule has 32 heavy (non-hydrogen) atoms. The molecule has 3 heterocycles. The summed E-state index contributed by atoms with van der Waals surface area (Å²) in [6.07, 6.45) is 1.73. The zero-order valence-corrected chi connectivity index (χ0v) is 18.3. The Labute approximate surface area is 186 Å². The van der Waals surface area contributed by atoms with Crippen LogP contribution in [0.3, 0.4) is 0 Å². The van der Waals surface area contributed by atoms with Gasteiger partial charge in [0.1, 0.15) is 11.4 Å². The molecule has 1 aliphatic heterocycles. The van der Waals surface area contributed by atoms with E-state index in [1.807, 2.05) is 60.4 Å². The number of H-pyrrole nitrogens is 1. The second kappa shape index (κ2) is 8.11. The first-order valence-corrected chi connectivity index (χ1v) is 11.1. The molecular weight excluding hydrogens is 400 g/mol. The molecule has 0 radical (unpaired) electrons. The van der Waals surface area contributed by atoms with Gasteiger partial charge in [-0.2, -0.15) is 0 Å².